The number of aliphatic hydroxyl groups excluding tert-OH is 4. The minimum absolute atomic E-state index is 0.0311. The summed E-state index contributed by atoms with van der Waals surface area (Å²) in [4.78, 5) is 24.9. The van der Waals surface area contributed by atoms with E-state index in [0.29, 0.717) is 30.8 Å². The zero-order valence-electron chi connectivity index (χ0n) is 18.7. The van der Waals surface area contributed by atoms with E-state index in [-0.39, 0.29) is 19.1 Å². The van der Waals surface area contributed by atoms with E-state index >= 15 is 0 Å². The van der Waals surface area contributed by atoms with Crippen molar-refractivity contribution in [1.82, 2.24) is 10.2 Å². The Morgan fingerprint density at radius 1 is 1.06 bits per heavy atom. The summed E-state index contributed by atoms with van der Waals surface area (Å²) in [6.45, 7) is 3.05. The minimum atomic E-state index is -1.45. The standard InChI is InChI=1S/C22H37N3O7/c1-2-3-4-5-11-25(13-18(27)20(29)19(28)14-26)12-10-24-21(30)17-8-6-16(7-9-17)15-32-22(23)31/h6-9,18-20,26-29H,2-5,10-15H2,1H3,(H2,23,31)(H,24,30)/t18-,19+,20+/m0/s1. The molecule has 10 nitrogen and oxygen atoms in total. The van der Waals surface area contributed by atoms with E-state index in [4.69, 9.17) is 15.6 Å². The first kappa shape index (κ1) is 27.8. The highest BCUT2D eigenvalue weighted by Gasteiger charge is 2.25. The van der Waals surface area contributed by atoms with Gasteiger partial charge in [0.2, 0.25) is 0 Å². The van der Waals surface area contributed by atoms with Crippen LogP contribution in [0.3, 0.4) is 0 Å². The topological polar surface area (TPSA) is 166 Å². The molecule has 3 atom stereocenters. The van der Waals surface area contributed by atoms with E-state index in [2.05, 4.69) is 12.2 Å². The molecule has 1 rings (SSSR count). The van der Waals surface area contributed by atoms with Crippen molar-refractivity contribution in [3.8, 4) is 0 Å². The van der Waals surface area contributed by atoms with Crippen LogP contribution >= 0.6 is 0 Å². The van der Waals surface area contributed by atoms with Crippen LogP contribution < -0.4 is 11.1 Å². The second-order valence-electron chi connectivity index (χ2n) is 7.73. The number of nitrogens with one attached hydrogen (secondary N) is 1. The summed E-state index contributed by atoms with van der Waals surface area (Å²) in [5.74, 6) is -0.269. The highest BCUT2D eigenvalue weighted by Crippen LogP contribution is 2.08. The van der Waals surface area contributed by atoms with E-state index in [1.165, 1.54) is 0 Å². The zero-order chi connectivity index (χ0) is 23.9. The molecule has 0 spiro atoms. The maximum atomic E-state index is 12.4. The fourth-order valence-electron chi connectivity index (χ4n) is 3.13. The van der Waals surface area contributed by atoms with Crippen LogP contribution in [0.1, 0.15) is 48.5 Å². The van der Waals surface area contributed by atoms with Gasteiger partial charge in [-0.3, -0.25) is 9.69 Å². The molecule has 7 N–H and O–H groups in total. The van der Waals surface area contributed by atoms with E-state index in [1.54, 1.807) is 24.3 Å². The first-order valence-electron chi connectivity index (χ1n) is 10.9. The van der Waals surface area contributed by atoms with Crippen LogP contribution in [0.15, 0.2) is 24.3 Å². The van der Waals surface area contributed by atoms with Gasteiger partial charge in [0.25, 0.3) is 5.91 Å². The van der Waals surface area contributed by atoms with Crippen LogP contribution in [0, 0.1) is 0 Å². The molecule has 0 aliphatic heterocycles. The molecule has 1 aromatic carbocycles. The molecule has 0 aliphatic rings. The number of amides is 2. The summed E-state index contributed by atoms with van der Waals surface area (Å²) in [5, 5.41) is 41.4. The molecule has 10 heteroatoms. The smallest absolute Gasteiger partial charge is 0.404 e. The van der Waals surface area contributed by atoms with Crippen molar-refractivity contribution >= 4 is 12.0 Å². The van der Waals surface area contributed by atoms with Gasteiger partial charge in [0.1, 0.15) is 18.8 Å². The van der Waals surface area contributed by atoms with Crippen LogP contribution in [0.5, 0.6) is 0 Å². The fraction of sp³-hybridized carbons (Fsp3) is 0.636. The number of primary amides is 1. The van der Waals surface area contributed by atoms with E-state index < -0.39 is 31.0 Å². The Labute approximate surface area is 189 Å². The van der Waals surface area contributed by atoms with Crippen LogP contribution in [-0.2, 0) is 11.3 Å². The lowest BCUT2D eigenvalue weighted by Gasteiger charge is -2.29. The molecule has 182 valence electrons. The maximum Gasteiger partial charge on any atom is 0.404 e. The normalized spacial score (nSPS) is 14.1. The number of nitrogens with zero attached hydrogens (tertiary/aromatic N) is 1. The molecule has 0 fully saturated rings. The van der Waals surface area contributed by atoms with Gasteiger partial charge in [-0.05, 0) is 30.7 Å². The van der Waals surface area contributed by atoms with Crippen LogP contribution in [0.2, 0.25) is 0 Å². The molecular formula is C22H37N3O7. The fourth-order valence-corrected chi connectivity index (χ4v) is 3.13. The number of nitrogens with two attached hydrogens (primary N) is 1. The Morgan fingerprint density at radius 2 is 1.75 bits per heavy atom. The second-order valence-corrected chi connectivity index (χ2v) is 7.73. The third-order valence-electron chi connectivity index (χ3n) is 5.06. The Morgan fingerprint density at radius 3 is 2.34 bits per heavy atom. The minimum Gasteiger partial charge on any atom is -0.445 e. The average molecular weight is 456 g/mol. The van der Waals surface area contributed by atoms with Crippen molar-refractivity contribution < 1.29 is 34.8 Å². The molecule has 0 radical (unpaired) electrons. The monoisotopic (exact) mass is 455 g/mol. The van der Waals surface area contributed by atoms with Gasteiger partial charge in [-0.25, -0.2) is 4.79 Å². The van der Waals surface area contributed by atoms with Gasteiger partial charge in [0.05, 0.1) is 12.7 Å². The Bertz CT molecular complexity index is 672. The summed E-state index contributed by atoms with van der Waals surface area (Å²) in [6.07, 6.45) is -0.838. The van der Waals surface area contributed by atoms with Crippen LogP contribution in [0.4, 0.5) is 4.79 Å². The summed E-state index contributed by atoms with van der Waals surface area (Å²) < 4.78 is 4.70. The Kier molecular flexibility index (Phi) is 13.5. The van der Waals surface area contributed by atoms with Gasteiger partial charge in [-0.1, -0.05) is 38.3 Å². The molecule has 1 aromatic rings. The van der Waals surface area contributed by atoms with Crippen molar-refractivity contribution in [3.63, 3.8) is 0 Å². The number of carbonyl (C=O) groups is 2. The molecule has 0 saturated heterocycles. The van der Waals surface area contributed by atoms with Crippen molar-refractivity contribution in [2.45, 2.75) is 57.5 Å². The van der Waals surface area contributed by atoms with Gasteiger partial charge >= 0.3 is 6.09 Å². The molecule has 2 amide bonds. The Hall–Kier alpha value is -2.24. The number of unbranched alkanes of at least 4 members (excludes halogenated alkanes) is 3. The lowest BCUT2D eigenvalue weighted by atomic mass is 10.1. The lowest BCUT2D eigenvalue weighted by Crippen LogP contribution is -2.47. The summed E-state index contributed by atoms with van der Waals surface area (Å²) in [6, 6.07) is 6.58. The molecule has 0 aromatic heterocycles. The van der Waals surface area contributed by atoms with Crippen molar-refractivity contribution in [1.29, 1.82) is 0 Å². The number of aliphatic hydroxyl groups is 4. The number of hydrogen-bond donors (Lipinski definition) is 6. The third kappa shape index (κ3) is 10.9. The van der Waals surface area contributed by atoms with Gasteiger partial charge < -0.3 is 36.2 Å². The van der Waals surface area contributed by atoms with Crippen molar-refractivity contribution in [2.75, 3.05) is 32.8 Å². The third-order valence-corrected chi connectivity index (χ3v) is 5.06. The quantitative estimate of drug-likeness (QED) is 0.189. The predicted octanol–water partition coefficient (Wildman–Crippen LogP) is -0.0310. The molecule has 0 heterocycles. The first-order valence-corrected chi connectivity index (χ1v) is 10.9. The second kappa shape index (κ2) is 15.5. The molecule has 0 saturated carbocycles. The number of hydrogen-bond acceptors (Lipinski definition) is 8. The van der Waals surface area contributed by atoms with Gasteiger partial charge in [0.15, 0.2) is 0 Å². The molecule has 0 aliphatic carbocycles. The van der Waals surface area contributed by atoms with Crippen LogP contribution in [-0.4, -0.2) is 88.4 Å². The van der Waals surface area contributed by atoms with E-state index in [0.717, 1.165) is 25.7 Å². The summed E-state index contributed by atoms with van der Waals surface area (Å²) in [7, 11) is 0. The molecule has 0 bridgehead atoms. The summed E-state index contributed by atoms with van der Waals surface area (Å²) in [5.41, 5.74) is 6.08. The van der Waals surface area contributed by atoms with Crippen molar-refractivity contribution in [3.05, 3.63) is 35.4 Å². The molecular weight excluding hydrogens is 418 g/mol. The van der Waals surface area contributed by atoms with E-state index in [1.807, 2.05) is 4.90 Å². The zero-order valence-corrected chi connectivity index (χ0v) is 18.7. The number of carbonyl (C=O) groups excluding carboxylic acids is 2. The lowest BCUT2D eigenvalue weighted by molar-refractivity contribution is -0.0840. The van der Waals surface area contributed by atoms with Gasteiger partial charge in [-0.2, -0.15) is 0 Å². The maximum absolute atomic E-state index is 12.4. The molecule has 32 heavy (non-hydrogen) atoms. The Balaban J connectivity index is 2.56. The first-order chi connectivity index (χ1) is 15.3. The summed E-state index contributed by atoms with van der Waals surface area (Å²) >= 11 is 0. The predicted molar refractivity (Wildman–Crippen MR) is 119 cm³/mol. The van der Waals surface area contributed by atoms with Crippen LogP contribution in [0.25, 0.3) is 0 Å². The van der Waals surface area contributed by atoms with Gasteiger partial charge in [0, 0.05) is 25.2 Å². The molecule has 0 unspecified atom stereocenters. The highest BCUT2D eigenvalue weighted by molar-refractivity contribution is 5.94. The SMILES string of the molecule is CCCCCCN(CCNC(=O)c1ccc(COC(N)=O)cc1)C[C@H](O)[C@@H](O)[C@H](O)CO. The van der Waals surface area contributed by atoms with E-state index in [9.17, 15) is 24.9 Å². The number of benzene rings is 1. The number of ether oxygens (including phenoxy) is 1. The number of rotatable bonds is 16. The average Bonchev–Trinajstić information content (AvgIpc) is 2.79. The highest BCUT2D eigenvalue weighted by atomic mass is 16.5. The van der Waals surface area contributed by atoms with Crippen molar-refractivity contribution in [2.24, 2.45) is 5.73 Å². The van der Waals surface area contributed by atoms with Gasteiger partial charge in [-0.15, -0.1) is 0 Å². The largest absolute Gasteiger partial charge is 0.445 e.